The van der Waals surface area contributed by atoms with Gasteiger partial charge >= 0.3 is 0 Å². The molecule has 21 heavy (non-hydrogen) atoms. The monoisotopic (exact) mass is 348 g/mol. The molecule has 0 radical (unpaired) electrons. The van der Waals surface area contributed by atoms with Gasteiger partial charge in [0, 0.05) is 16.7 Å². The minimum atomic E-state index is 0.491. The Bertz CT molecular complexity index is 587. The molecule has 0 amide bonds. The van der Waals surface area contributed by atoms with Gasteiger partial charge in [-0.15, -0.1) is 0 Å². The second-order valence-electron chi connectivity index (χ2n) is 4.99. The molecule has 1 N–H and O–H groups in total. The van der Waals surface area contributed by atoms with Gasteiger partial charge in [-0.1, -0.05) is 28.9 Å². The molecule has 1 aromatic heterocycles. The van der Waals surface area contributed by atoms with E-state index in [2.05, 4.69) is 39.2 Å². The van der Waals surface area contributed by atoms with Gasteiger partial charge in [-0.3, -0.25) is 4.98 Å². The number of benzene rings is 1. The largest absolute Gasteiger partial charge is 0.487 e. The summed E-state index contributed by atoms with van der Waals surface area (Å²) in [7, 11) is 0. The number of rotatable bonds is 7. The van der Waals surface area contributed by atoms with E-state index in [1.165, 1.54) is 5.56 Å². The van der Waals surface area contributed by atoms with Crippen LogP contribution in [0.1, 0.15) is 30.3 Å². The summed E-state index contributed by atoms with van der Waals surface area (Å²) < 4.78 is 6.94. The second-order valence-corrected chi connectivity index (χ2v) is 5.84. The molecule has 4 heteroatoms. The van der Waals surface area contributed by atoms with E-state index in [1.807, 2.05) is 37.3 Å². The molecule has 0 aliphatic heterocycles. The third kappa shape index (κ3) is 5.14. The van der Waals surface area contributed by atoms with Crippen molar-refractivity contribution in [2.24, 2.45) is 0 Å². The van der Waals surface area contributed by atoms with Crippen LogP contribution in [0, 0.1) is 6.92 Å². The molecule has 112 valence electrons. The lowest BCUT2D eigenvalue weighted by atomic mass is 10.2. The average Bonchev–Trinajstić information content (AvgIpc) is 2.48. The van der Waals surface area contributed by atoms with Crippen molar-refractivity contribution in [3.05, 3.63) is 57.8 Å². The molecule has 0 aliphatic carbocycles. The predicted octanol–water partition coefficient (Wildman–Crippen LogP) is 4.23. The lowest BCUT2D eigenvalue weighted by Crippen LogP contribution is -2.14. The number of aromatic nitrogens is 1. The highest BCUT2D eigenvalue weighted by Crippen LogP contribution is 2.23. The Morgan fingerprint density at radius 2 is 2.10 bits per heavy atom. The molecular weight excluding hydrogens is 328 g/mol. The van der Waals surface area contributed by atoms with Crippen molar-refractivity contribution in [3.8, 4) is 5.75 Å². The van der Waals surface area contributed by atoms with E-state index >= 15 is 0 Å². The van der Waals surface area contributed by atoms with Crippen LogP contribution in [0.2, 0.25) is 0 Å². The lowest BCUT2D eigenvalue weighted by Gasteiger charge is -2.10. The van der Waals surface area contributed by atoms with Gasteiger partial charge in [0.1, 0.15) is 12.4 Å². The van der Waals surface area contributed by atoms with Crippen LogP contribution in [0.25, 0.3) is 0 Å². The van der Waals surface area contributed by atoms with E-state index in [1.54, 1.807) is 0 Å². The van der Waals surface area contributed by atoms with E-state index in [4.69, 9.17) is 4.74 Å². The van der Waals surface area contributed by atoms with Gasteiger partial charge in [-0.05, 0) is 55.8 Å². The van der Waals surface area contributed by atoms with E-state index in [0.717, 1.165) is 41.1 Å². The topological polar surface area (TPSA) is 34.1 Å². The number of halogens is 1. The van der Waals surface area contributed by atoms with Crippen molar-refractivity contribution < 1.29 is 4.74 Å². The van der Waals surface area contributed by atoms with Crippen molar-refractivity contribution in [1.82, 2.24) is 10.3 Å². The zero-order chi connectivity index (χ0) is 15.1. The fraction of sp³-hybridized carbons (Fsp3) is 0.353. The Kier molecular flexibility index (Phi) is 6.21. The highest BCUT2D eigenvalue weighted by molar-refractivity contribution is 9.10. The molecule has 0 fully saturated rings. The quantitative estimate of drug-likeness (QED) is 0.760. The fourth-order valence-corrected chi connectivity index (χ4v) is 2.40. The smallest absolute Gasteiger partial charge is 0.130 e. The van der Waals surface area contributed by atoms with Gasteiger partial charge in [0.2, 0.25) is 0 Å². The first-order valence-electron chi connectivity index (χ1n) is 7.23. The van der Waals surface area contributed by atoms with Crippen molar-refractivity contribution >= 4 is 15.9 Å². The number of pyridine rings is 1. The third-order valence-corrected chi connectivity index (χ3v) is 3.87. The fourth-order valence-electron chi connectivity index (χ4n) is 2.01. The van der Waals surface area contributed by atoms with Crippen LogP contribution in [0.5, 0.6) is 5.75 Å². The van der Waals surface area contributed by atoms with Crippen LogP contribution in [0.3, 0.4) is 0 Å². The van der Waals surface area contributed by atoms with Gasteiger partial charge in [-0.25, -0.2) is 0 Å². The molecule has 3 nitrogen and oxygen atoms in total. The first kappa shape index (κ1) is 16.0. The molecule has 1 heterocycles. The van der Waals surface area contributed by atoms with Crippen LogP contribution in [0.4, 0.5) is 0 Å². The zero-order valence-corrected chi connectivity index (χ0v) is 14.1. The summed E-state index contributed by atoms with van der Waals surface area (Å²) in [6, 6.07) is 12.0. The zero-order valence-electron chi connectivity index (χ0n) is 12.5. The number of hydrogen-bond acceptors (Lipinski definition) is 3. The molecule has 0 saturated carbocycles. The number of hydrogen-bond donors (Lipinski definition) is 1. The minimum Gasteiger partial charge on any atom is -0.487 e. The van der Waals surface area contributed by atoms with Crippen LogP contribution in [0.15, 0.2) is 40.9 Å². The summed E-state index contributed by atoms with van der Waals surface area (Å²) in [6.45, 7) is 6.50. The summed E-state index contributed by atoms with van der Waals surface area (Å²) in [6.07, 6.45) is 1.13. The van der Waals surface area contributed by atoms with Gasteiger partial charge in [-0.2, -0.15) is 0 Å². The second kappa shape index (κ2) is 8.15. The Morgan fingerprint density at radius 3 is 2.86 bits per heavy atom. The minimum absolute atomic E-state index is 0.491. The summed E-state index contributed by atoms with van der Waals surface area (Å²) in [4.78, 5) is 4.44. The van der Waals surface area contributed by atoms with Gasteiger partial charge in [0.25, 0.3) is 0 Å². The molecule has 0 bridgehead atoms. The molecule has 0 saturated heterocycles. The van der Waals surface area contributed by atoms with Crippen LogP contribution in [-0.4, -0.2) is 11.5 Å². The standard InChI is InChI=1S/C17H21BrN2O/c1-3-9-19-11-14-10-16(7-8-17(14)18)21-12-15-6-4-5-13(2)20-15/h4-8,10,19H,3,9,11-12H2,1-2H3. The SMILES string of the molecule is CCCNCc1cc(OCc2cccc(C)n2)ccc1Br. The summed E-state index contributed by atoms with van der Waals surface area (Å²) in [5.74, 6) is 0.870. The summed E-state index contributed by atoms with van der Waals surface area (Å²) in [5.41, 5.74) is 3.16. The predicted molar refractivity (Wildman–Crippen MR) is 89.4 cm³/mol. The molecule has 2 rings (SSSR count). The van der Waals surface area contributed by atoms with E-state index in [9.17, 15) is 0 Å². The Balaban J connectivity index is 1.98. The van der Waals surface area contributed by atoms with Crippen LogP contribution < -0.4 is 10.1 Å². The van der Waals surface area contributed by atoms with Gasteiger partial charge < -0.3 is 10.1 Å². The van der Waals surface area contributed by atoms with Crippen molar-refractivity contribution in [2.45, 2.75) is 33.4 Å². The third-order valence-electron chi connectivity index (χ3n) is 3.09. The number of nitrogens with zero attached hydrogens (tertiary/aromatic N) is 1. The maximum atomic E-state index is 5.84. The molecule has 1 aromatic carbocycles. The Morgan fingerprint density at radius 1 is 1.24 bits per heavy atom. The first-order chi connectivity index (χ1) is 10.2. The number of ether oxygens (including phenoxy) is 1. The Hall–Kier alpha value is -1.39. The van der Waals surface area contributed by atoms with E-state index in [-0.39, 0.29) is 0 Å². The summed E-state index contributed by atoms with van der Waals surface area (Å²) >= 11 is 3.58. The van der Waals surface area contributed by atoms with Gasteiger partial charge in [0.15, 0.2) is 0 Å². The molecule has 0 unspecified atom stereocenters. The maximum absolute atomic E-state index is 5.84. The van der Waals surface area contributed by atoms with E-state index < -0.39 is 0 Å². The van der Waals surface area contributed by atoms with Crippen LogP contribution in [-0.2, 0) is 13.2 Å². The number of nitrogens with one attached hydrogen (secondary N) is 1. The Labute approximate surface area is 134 Å². The molecular formula is C17H21BrN2O. The highest BCUT2D eigenvalue weighted by Gasteiger charge is 2.03. The molecule has 0 spiro atoms. The van der Waals surface area contributed by atoms with E-state index in [0.29, 0.717) is 6.61 Å². The lowest BCUT2D eigenvalue weighted by molar-refractivity contribution is 0.300. The average molecular weight is 349 g/mol. The molecule has 0 atom stereocenters. The first-order valence-corrected chi connectivity index (χ1v) is 8.03. The number of aryl methyl sites for hydroxylation is 1. The van der Waals surface area contributed by atoms with Crippen molar-refractivity contribution in [1.29, 1.82) is 0 Å². The summed E-state index contributed by atoms with van der Waals surface area (Å²) in [5, 5.41) is 3.40. The van der Waals surface area contributed by atoms with Crippen molar-refractivity contribution in [3.63, 3.8) is 0 Å². The van der Waals surface area contributed by atoms with Gasteiger partial charge in [0.05, 0.1) is 5.69 Å². The van der Waals surface area contributed by atoms with Crippen LogP contribution >= 0.6 is 15.9 Å². The maximum Gasteiger partial charge on any atom is 0.130 e. The highest BCUT2D eigenvalue weighted by atomic mass is 79.9. The van der Waals surface area contributed by atoms with Crippen molar-refractivity contribution in [2.75, 3.05) is 6.54 Å². The molecule has 2 aromatic rings. The molecule has 0 aliphatic rings. The normalized spacial score (nSPS) is 10.6.